The molecular weight excluding hydrogens is 716 g/mol. The summed E-state index contributed by atoms with van der Waals surface area (Å²) in [4.78, 5) is 25.1. The average Bonchev–Trinajstić information content (AvgIpc) is 3.82. The number of benzene rings is 3. The van der Waals surface area contributed by atoms with Crippen LogP contribution < -0.4 is 0 Å². The number of rotatable bonds is 14. The number of aromatic nitrogens is 6. The van der Waals surface area contributed by atoms with Crippen LogP contribution in [0.3, 0.4) is 0 Å². The molecule has 0 saturated heterocycles. The van der Waals surface area contributed by atoms with E-state index in [1.165, 1.54) is 24.3 Å². The summed E-state index contributed by atoms with van der Waals surface area (Å²) in [6.07, 6.45) is 9.73. The van der Waals surface area contributed by atoms with Crippen LogP contribution in [-0.2, 0) is 32.5 Å². The second kappa shape index (κ2) is 26.6. The van der Waals surface area contributed by atoms with E-state index >= 15 is 0 Å². The van der Waals surface area contributed by atoms with Gasteiger partial charge in [0.1, 0.15) is 0 Å². The minimum absolute atomic E-state index is 0. The minimum Gasteiger partial charge on any atom is -0.396 e. The molecule has 5 rings (SSSR count). The molecule has 21 heteroatoms. The molecule has 0 radical (unpaired) electrons. The second-order valence-electron chi connectivity index (χ2n) is 10.5. The Morgan fingerprint density at radius 1 is 0.709 bits per heavy atom. The Morgan fingerprint density at radius 2 is 1.15 bits per heavy atom. The van der Waals surface area contributed by atoms with Gasteiger partial charge in [0.25, 0.3) is 11.4 Å². The Morgan fingerprint density at radius 3 is 1.49 bits per heavy atom. The molecule has 55 heavy (non-hydrogen) atoms. The lowest BCUT2D eigenvalue weighted by molar-refractivity contribution is -0.385. The van der Waals surface area contributed by atoms with Crippen molar-refractivity contribution in [3.05, 3.63) is 154 Å². The van der Waals surface area contributed by atoms with Crippen LogP contribution in [0, 0.1) is 32.6 Å². The maximum absolute atomic E-state index is 10.5. The largest absolute Gasteiger partial charge is 0.396 e. The summed E-state index contributed by atoms with van der Waals surface area (Å²) in [5.74, 6) is 2.27. The third-order valence-electron chi connectivity index (χ3n) is 6.56. The average molecular weight is 757 g/mol. The maximum atomic E-state index is 10.5. The molecule has 5 aromatic rings. The number of nitro benzene ring substituents is 2. The fourth-order valence-corrected chi connectivity index (χ4v) is 4.01. The van der Waals surface area contributed by atoms with Gasteiger partial charge in [-0.05, 0) is 27.8 Å². The zero-order valence-electron chi connectivity index (χ0n) is 28.8. The fourth-order valence-electron chi connectivity index (χ4n) is 4.01. The van der Waals surface area contributed by atoms with E-state index in [4.69, 9.17) is 32.8 Å². The maximum Gasteiger partial charge on any atom is 0.269 e. The zero-order valence-corrected chi connectivity index (χ0v) is 28.8. The van der Waals surface area contributed by atoms with Crippen LogP contribution in [-0.4, -0.2) is 75.0 Å². The molecule has 2 aromatic heterocycles. The summed E-state index contributed by atoms with van der Waals surface area (Å²) in [6, 6.07) is 19.4. The van der Waals surface area contributed by atoms with Crippen molar-refractivity contribution in [3.63, 3.8) is 0 Å². The van der Waals surface area contributed by atoms with Gasteiger partial charge >= 0.3 is 0 Å². The molecule has 0 fully saturated rings. The Hall–Kier alpha value is -7.20. The summed E-state index contributed by atoms with van der Waals surface area (Å²) in [6.45, 7) is 1.52. The normalized spacial score (nSPS) is 9.42. The van der Waals surface area contributed by atoms with Gasteiger partial charge in [-0.15, -0.1) is 22.5 Å². The van der Waals surface area contributed by atoms with Gasteiger partial charge in [-0.3, -0.25) is 20.2 Å². The van der Waals surface area contributed by atoms with Gasteiger partial charge < -0.3 is 15.3 Å². The lowest BCUT2D eigenvalue weighted by atomic mass is 10.2. The standard InChI is InChI=1S/C11H12N6O.C11H12N4O3.C7H6N4O2.C4H6O.CH4/c12-15-13-10-3-1-9(2-4-10)7-17-8-11(5-6-18)14-16-17;16-6-5-10-8-14(13-12-10)7-9-1-3-11(4-2-9)15(17)18;8-10-9-5-6-1-3-7(4-2-6)11(12)13;1-2-3-4-5;/h1-4,8,18H,5-7H2;1-4,8,16H,5-7H2;1-4H,5H2;1,5H,3-4H2;1H4. The summed E-state index contributed by atoms with van der Waals surface area (Å²) >= 11 is 0. The van der Waals surface area contributed by atoms with Crippen LogP contribution in [0.2, 0.25) is 0 Å². The SMILES string of the molecule is C.C#CCCO.O=[N+]([O-])c1ccc(Cn2cc(CCO)nn2)cc1.[N-]=[N+]=NCc1ccc([N+](=O)[O-])cc1.[N-]=[N+]=Nc1ccc(Cn2cc(CCO)nn2)cc1. The number of hydrogen-bond acceptors (Lipinski definition) is 13. The highest BCUT2D eigenvalue weighted by atomic mass is 16.6. The molecular formula is C34H40N14O7. The Kier molecular flexibility index (Phi) is 22.1. The number of terminal acetylenes is 1. The van der Waals surface area contributed by atoms with E-state index < -0.39 is 9.85 Å². The first-order valence-corrected chi connectivity index (χ1v) is 15.8. The van der Waals surface area contributed by atoms with Gasteiger partial charge in [0, 0.05) is 84.6 Å². The minimum atomic E-state index is -0.475. The molecule has 0 aliphatic rings. The first-order valence-electron chi connectivity index (χ1n) is 15.8. The van der Waals surface area contributed by atoms with Crippen molar-refractivity contribution >= 4 is 17.1 Å². The molecule has 0 amide bonds. The Labute approximate surface area is 315 Å². The highest BCUT2D eigenvalue weighted by Gasteiger charge is 2.06. The molecule has 0 unspecified atom stereocenters. The third-order valence-corrected chi connectivity index (χ3v) is 6.56. The quantitative estimate of drug-likeness (QED) is 0.0312. The summed E-state index contributed by atoms with van der Waals surface area (Å²) < 4.78 is 3.33. The summed E-state index contributed by atoms with van der Waals surface area (Å²) in [7, 11) is 0. The van der Waals surface area contributed by atoms with Crippen molar-refractivity contribution in [2.24, 2.45) is 10.2 Å². The molecule has 21 nitrogen and oxygen atoms in total. The summed E-state index contributed by atoms with van der Waals surface area (Å²) in [5, 5.41) is 68.7. The van der Waals surface area contributed by atoms with Crippen molar-refractivity contribution in [1.29, 1.82) is 0 Å². The number of aliphatic hydroxyl groups excluding tert-OH is 3. The molecule has 0 bridgehead atoms. The highest BCUT2D eigenvalue weighted by Crippen LogP contribution is 2.15. The lowest BCUT2D eigenvalue weighted by Gasteiger charge is -2.00. The second-order valence-corrected chi connectivity index (χ2v) is 10.5. The van der Waals surface area contributed by atoms with Crippen molar-refractivity contribution in [2.75, 3.05) is 19.8 Å². The molecule has 0 saturated carbocycles. The van der Waals surface area contributed by atoms with Crippen molar-refractivity contribution < 1.29 is 25.2 Å². The van der Waals surface area contributed by atoms with Gasteiger partial charge in [0.2, 0.25) is 0 Å². The molecule has 0 atom stereocenters. The smallest absolute Gasteiger partial charge is 0.269 e. The zero-order chi connectivity index (χ0) is 39.6. The summed E-state index contributed by atoms with van der Waals surface area (Å²) in [5.41, 5.74) is 21.2. The number of hydrogen-bond donors (Lipinski definition) is 3. The van der Waals surface area contributed by atoms with Gasteiger partial charge in [0.15, 0.2) is 0 Å². The third kappa shape index (κ3) is 18.2. The highest BCUT2D eigenvalue weighted by molar-refractivity contribution is 5.38. The molecule has 2 heterocycles. The number of nitrogens with zero attached hydrogens (tertiary/aromatic N) is 14. The number of azide groups is 2. The van der Waals surface area contributed by atoms with Crippen molar-refractivity contribution in [1.82, 2.24) is 30.0 Å². The number of nitro groups is 2. The van der Waals surface area contributed by atoms with Crippen molar-refractivity contribution in [3.8, 4) is 12.3 Å². The van der Waals surface area contributed by atoms with E-state index in [2.05, 4.69) is 46.6 Å². The predicted octanol–water partition coefficient (Wildman–Crippen LogP) is 5.62. The van der Waals surface area contributed by atoms with E-state index in [1.807, 2.05) is 12.1 Å². The van der Waals surface area contributed by atoms with Gasteiger partial charge in [-0.25, -0.2) is 9.36 Å². The first kappa shape index (κ1) is 45.8. The molecule has 0 aliphatic heterocycles. The first-order chi connectivity index (χ1) is 26.1. The Balaban J connectivity index is 0.000000390. The fraction of sp³-hybridized carbons (Fsp3) is 0.294. The molecule has 0 spiro atoms. The number of non-ortho nitro benzene ring substituents is 2. The van der Waals surface area contributed by atoms with Gasteiger partial charge in [-0.2, -0.15) is 0 Å². The monoisotopic (exact) mass is 756 g/mol. The molecule has 288 valence electrons. The molecule has 3 N–H and O–H groups in total. The van der Waals surface area contributed by atoms with E-state index in [0.717, 1.165) is 28.1 Å². The lowest BCUT2D eigenvalue weighted by Crippen LogP contribution is -2.00. The number of aliphatic hydroxyl groups is 3. The van der Waals surface area contributed by atoms with E-state index in [9.17, 15) is 20.2 Å². The van der Waals surface area contributed by atoms with Crippen LogP contribution in [0.1, 0.15) is 41.9 Å². The van der Waals surface area contributed by atoms with E-state index in [0.29, 0.717) is 38.0 Å². The van der Waals surface area contributed by atoms with E-state index in [1.54, 1.807) is 58.2 Å². The van der Waals surface area contributed by atoms with Crippen LogP contribution in [0.5, 0.6) is 0 Å². The molecule has 3 aromatic carbocycles. The van der Waals surface area contributed by atoms with Crippen LogP contribution in [0.4, 0.5) is 17.1 Å². The topological polar surface area (TPSA) is 306 Å². The Bertz CT molecular complexity index is 1930. The van der Waals surface area contributed by atoms with E-state index in [-0.39, 0.29) is 45.2 Å². The van der Waals surface area contributed by atoms with Gasteiger partial charge in [0.05, 0.1) is 47.5 Å². The van der Waals surface area contributed by atoms with Crippen LogP contribution >= 0.6 is 0 Å². The van der Waals surface area contributed by atoms with Crippen LogP contribution in [0.25, 0.3) is 20.9 Å². The molecule has 0 aliphatic carbocycles. The van der Waals surface area contributed by atoms with Gasteiger partial charge in [-0.1, -0.05) is 76.6 Å². The predicted molar refractivity (Wildman–Crippen MR) is 201 cm³/mol. The van der Waals surface area contributed by atoms with Crippen molar-refractivity contribution in [2.45, 2.75) is 46.3 Å². The van der Waals surface area contributed by atoms with Crippen LogP contribution in [0.15, 0.2) is 95.4 Å².